The average Bonchev–Trinajstić information content (AvgIpc) is 3.83. The van der Waals surface area contributed by atoms with Gasteiger partial charge in [-0.3, -0.25) is 14.4 Å². The monoisotopic (exact) mass is 618 g/mol. The number of nitrogens with zero attached hydrogens (tertiary/aromatic N) is 6. The number of aromatic nitrogens is 6. The van der Waals surface area contributed by atoms with Crippen molar-refractivity contribution in [1.29, 1.82) is 0 Å². The van der Waals surface area contributed by atoms with Gasteiger partial charge < -0.3 is 25.6 Å². The van der Waals surface area contributed by atoms with Gasteiger partial charge in [-0.05, 0) is 76.5 Å². The van der Waals surface area contributed by atoms with E-state index in [1.807, 2.05) is 23.0 Å². The van der Waals surface area contributed by atoms with Crippen LogP contribution in [0.25, 0.3) is 0 Å². The van der Waals surface area contributed by atoms with Crippen molar-refractivity contribution in [3.05, 3.63) is 59.2 Å². The van der Waals surface area contributed by atoms with Crippen LogP contribution in [-0.2, 0) is 38.8 Å². The molecule has 0 radical (unpaired) electrons. The Kier molecular flexibility index (Phi) is 9.50. The average molecular weight is 619 g/mol. The molecular weight excluding hydrogens is 576 g/mol. The molecule has 240 valence electrons. The second-order valence-corrected chi connectivity index (χ2v) is 12.3. The van der Waals surface area contributed by atoms with E-state index in [4.69, 9.17) is 4.74 Å². The fourth-order valence-electron chi connectivity index (χ4n) is 6.89. The first kappa shape index (κ1) is 30.8. The Morgan fingerprint density at radius 1 is 1.04 bits per heavy atom. The Hall–Kier alpha value is -4.17. The molecule has 2 fully saturated rings. The van der Waals surface area contributed by atoms with Crippen LogP contribution < -0.4 is 16.0 Å². The minimum absolute atomic E-state index is 0.0736. The molecule has 1 aliphatic carbocycles. The highest BCUT2D eigenvalue weighted by Crippen LogP contribution is 2.36. The summed E-state index contributed by atoms with van der Waals surface area (Å²) in [5.74, 6) is -0.584. The fraction of sp³-hybridized carbons (Fsp3) is 0.581. The summed E-state index contributed by atoms with van der Waals surface area (Å²) in [6.45, 7) is 2.32. The predicted octanol–water partition coefficient (Wildman–Crippen LogP) is 1.48. The number of aryl methyl sites for hydroxylation is 1. The zero-order valence-electron chi connectivity index (χ0n) is 25.8. The largest absolute Gasteiger partial charge is 0.369 e. The SMILES string of the molecule is CN[C@@H](C)C(=O)N[C@H]1CC[C@H](n2cc(COCc3cn[nH]n3)nn2)C[C@H]2CC[C@@H](C(=O)N[C@@H]3CCCc4ccccc43)N2C1=O. The molecule has 3 amide bonds. The van der Waals surface area contributed by atoms with Gasteiger partial charge in [0.05, 0.1) is 43.7 Å². The lowest BCUT2D eigenvalue weighted by atomic mass is 9.87. The van der Waals surface area contributed by atoms with Gasteiger partial charge in [0.2, 0.25) is 17.7 Å². The van der Waals surface area contributed by atoms with Crippen molar-refractivity contribution in [2.24, 2.45) is 0 Å². The standard InChI is InChI=1S/C31H42N10O4/c1-19(32-2)29(42)35-27-12-10-23(40-16-22(37-39-40)18-45-17-21-15-33-38-36-21)14-24-11-13-28(41(24)31(27)44)30(43)34-26-9-5-7-20-6-3-4-8-25(20)26/h3-4,6,8,15-16,19,23-24,26-28,32H,5,7,9-14,17-18H2,1-2H3,(H,34,43)(H,35,42)(H,33,36,38)/t19-,23-,24+,26+,27-,28-/m0/s1. The number of amides is 3. The number of fused-ring (bicyclic) bond motifs is 2. The minimum Gasteiger partial charge on any atom is -0.369 e. The van der Waals surface area contributed by atoms with Crippen molar-refractivity contribution < 1.29 is 19.1 Å². The lowest BCUT2D eigenvalue weighted by Gasteiger charge is -2.38. The van der Waals surface area contributed by atoms with E-state index in [-0.39, 0.29) is 42.5 Å². The molecular formula is C31H42N10O4. The third kappa shape index (κ3) is 6.91. The van der Waals surface area contributed by atoms with Crippen molar-refractivity contribution in [1.82, 2.24) is 51.3 Å². The predicted molar refractivity (Wildman–Crippen MR) is 162 cm³/mol. The molecule has 0 bridgehead atoms. The van der Waals surface area contributed by atoms with E-state index in [0.29, 0.717) is 50.1 Å². The third-order valence-corrected chi connectivity index (χ3v) is 9.42. The Bertz CT molecular complexity index is 1480. The molecule has 1 aromatic carbocycles. The van der Waals surface area contributed by atoms with E-state index in [2.05, 4.69) is 53.8 Å². The summed E-state index contributed by atoms with van der Waals surface area (Å²) in [4.78, 5) is 42.7. The Morgan fingerprint density at radius 2 is 1.87 bits per heavy atom. The molecule has 4 N–H and O–H groups in total. The van der Waals surface area contributed by atoms with Gasteiger partial charge in [-0.1, -0.05) is 29.5 Å². The molecule has 0 spiro atoms. The number of likely N-dealkylation sites (N-methyl/N-ethyl adjacent to an activating group) is 1. The summed E-state index contributed by atoms with van der Waals surface area (Å²) in [5, 5.41) is 28.3. The van der Waals surface area contributed by atoms with Crippen molar-refractivity contribution in [2.75, 3.05) is 7.05 Å². The molecule has 0 unspecified atom stereocenters. The van der Waals surface area contributed by atoms with Gasteiger partial charge in [0.1, 0.15) is 23.5 Å². The van der Waals surface area contributed by atoms with E-state index in [9.17, 15) is 14.4 Å². The number of carbonyl (C=O) groups is 3. The van der Waals surface area contributed by atoms with Gasteiger partial charge >= 0.3 is 0 Å². The number of aromatic amines is 1. The van der Waals surface area contributed by atoms with Crippen LogP contribution in [-0.4, -0.2) is 84.2 Å². The molecule has 4 heterocycles. The van der Waals surface area contributed by atoms with Gasteiger partial charge in [-0.2, -0.15) is 15.4 Å². The molecule has 6 atom stereocenters. The first-order valence-corrected chi connectivity index (χ1v) is 15.9. The maximum atomic E-state index is 14.1. The van der Waals surface area contributed by atoms with E-state index >= 15 is 0 Å². The second kappa shape index (κ2) is 13.9. The first-order chi connectivity index (χ1) is 21.9. The van der Waals surface area contributed by atoms with Crippen LogP contribution in [0.15, 0.2) is 36.7 Å². The minimum atomic E-state index is -0.754. The van der Waals surface area contributed by atoms with Gasteiger partial charge in [0.25, 0.3) is 0 Å². The van der Waals surface area contributed by atoms with Crippen molar-refractivity contribution >= 4 is 17.7 Å². The summed E-state index contributed by atoms with van der Waals surface area (Å²) in [5.41, 5.74) is 3.79. The van der Waals surface area contributed by atoms with Crippen LogP contribution >= 0.6 is 0 Å². The smallest absolute Gasteiger partial charge is 0.246 e. The number of nitrogens with one attached hydrogen (secondary N) is 4. The molecule has 3 aromatic rings. The number of hydrogen-bond donors (Lipinski definition) is 4. The van der Waals surface area contributed by atoms with Gasteiger partial charge in [-0.15, -0.1) is 5.10 Å². The van der Waals surface area contributed by atoms with Crippen LogP contribution in [0.4, 0.5) is 0 Å². The number of carbonyl (C=O) groups excluding carboxylic acids is 3. The van der Waals surface area contributed by atoms with Gasteiger partial charge in [0, 0.05) is 6.04 Å². The molecule has 2 aliphatic heterocycles. The molecule has 3 aliphatic rings. The Labute approximate surface area is 262 Å². The fourth-order valence-corrected chi connectivity index (χ4v) is 6.89. The number of hydrogen-bond acceptors (Lipinski definition) is 9. The topological polar surface area (TPSA) is 172 Å². The zero-order chi connectivity index (χ0) is 31.3. The Morgan fingerprint density at radius 3 is 2.69 bits per heavy atom. The molecule has 14 heteroatoms. The summed E-state index contributed by atoms with van der Waals surface area (Å²) in [6, 6.07) is 6.11. The number of rotatable bonds is 10. The maximum Gasteiger partial charge on any atom is 0.246 e. The molecule has 45 heavy (non-hydrogen) atoms. The highest BCUT2D eigenvalue weighted by molar-refractivity contribution is 5.93. The summed E-state index contributed by atoms with van der Waals surface area (Å²) in [6.07, 6.45) is 9.28. The number of ether oxygens (including phenoxy) is 1. The van der Waals surface area contributed by atoms with E-state index in [1.165, 1.54) is 5.56 Å². The lowest BCUT2D eigenvalue weighted by Crippen LogP contribution is -2.58. The molecule has 2 aromatic heterocycles. The zero-order valence-corrected chi connectivity index (χ0v) is 25.8. The Balaban J connectivity index is 1.19. The van der Waals surface area contributed by atoms with Crippen LogP contribution in [0.1, 0.15) is 86.5 Å². The number of H-pyrrole nitrogens is 1. The van der Waals surface area contributed by atoms with Crippen LogP contribution in [0.5, 0.6) is 0 Å². The number of benzene rings is 1. The second-order valence-electron chi connectivity index (χ2n) is 12.3. The highest BCUT2D eigenvalue weighted by Gasteiger charge is 2.46. The molecule has 6 rings (SSSR count). The quantitative estimate of drug-likeness (QED) is 0.263. The van der Waals surface area contributed by atoms with Crippen molar-refractivity contribution in [2.45, 2.75) is 108 Å². The molecule has 14 nitrogen and oxygen atoms in total. The van der Waals surface area contributed by atoms with Gasteiger partial charge in [0.15, 0.2) is 0 Å². The van der Waals surface area contributed by atoms with E-state index in [0.717, 1.165) is 24.8 Å². The molecule has 0 saturated carbocycles. The first-order valence-electron chi connectivity index (χ1n) is 15.9. The summed E-state index contributed by atoms with van der Waals surface area (Å²) < 4.78 is 7.56. The summed E-state index contributed by atoms with van der Waals surface area (Å²) >= 11 is 0. The lowest BCUT2D eigenvalue weighted by molar-refractivity contribution is -0.145. The van der Waals surface area contributed by atoms with E-state index < -0.39 is 18.1 Å². The van der Waals surface area contributed by atoms with Gasteiger partial charge in [-0.25, -0.2) is 4.68 Å². The molecule has 2 saturated heterocycles. The summed E-state index contributed by atoms with van der Waals surface area (Å²) in [7, 11) is 1.71. The third-order valence-electron chi connectivity index (χ3n) is 9.42. The van der Waals surface area contributed by atoms with Crippen LogP contribution in [0.2, 0.25) is 0 Å². The van der Waals surface area contributed by atoms with Crippen LogP contribution in [0, 0.1) is 0 Å². The van der Waals surface area contributed by atoms with E-state index in [1.54, 1.807) is 25.1 Å². The highest BCUT2D eigenvalue weighted by atomic mass is 16.5. The maximum absolute atomic E-state index is 14.1. The normalized spacial score (nSPS) is 25.5. The van der Waals surface area contributed by atoms with Crippen molar-refractivity contribution in [3.8, 4) is 0 Å². The van der Waals surface area contributed by atoms with Crippen LogP contribution in [0.3, 0.4) is 0 Å². The van der Waals surface area contributed by atoms with Crippen molar-refractivity contribution in [3.63, 3.8) is 0 Å².